The highest BCUT2D eigenvalue weighted by molar-refractivity contribution is 7.13. The Morgan fingerprint density at radius 1 is 1.21 bits per heavy atom. The number of nitrogens with zero attached hydrogens (tertiary/aromatic N) is 2. The Hall–Kier alpha value is -3.10. The maximum atomic E-state index is 12.5. The van der Waals surface area contributed by atoms with Gasteiger partial charge in [-0.2, -0.15) is 0 Å². The van der Waals surface area contributed by atoms with E-state index in [9.17, 15) is 4.79 Å². The maximum Gasteiger partial charge on any atom is 0.321 e. The molecule has 7 nitrogen and oxygen atoms in total. The summed E-state index contributed by atoms with van der Waals surface area (Å²) in [7, 11) is 1.66. The Balaban J connectivity index is 1.15. The van der Waals surface area contributed by atoms with Gasteiger partial charge in [0.1, 0.15) is 5.75 Å². The summed E-state index contributed by atoms with van der Waals surface area (Å²) in [5.41, 5.74) is 4.10. The first-order valence-electron chi connectivity index (χ1n) is 11.7. The molecule has 0 radical (unpaired) electrons. The fraction of sp³-hybridized carbons (Fsp3) is 0.385. The molecule has 0 aliphatic carbocycles. The minimum absolute atomic E-state index is 0.254. The van der Waals surface area contributed by atoms with Crippen LogP contribution in [0.15, 0.2) is 53.9 Å². The third kappa shape index (κ3) is 4.60. The van der Waals surface area contributed by atoms with E-state index in [1.54, 1.807) is 7.11 Å². The van der Waals surface area contributed by atoms with Crippen LogP contribution in [0.1, 0.15) is 37.1 Å². The summed E-state index contributed by atoms with van der Waals surface area (Å²) in [6.45, 7) is 6.87. The van der Waals surface area contributed by atoms with E-state index in [1.165, 1.54) is 23.4 Å². The average Bonchev–Trinajstić information content (AvgIpc) is 3.61. The molecule has 2 atom stereocenters. The van der Waals surface area contributed by atoms with Crippen molar-refractivity contribution in [1.82, 2.24) is 15.6 Å². The normalized spacial score (nSPS) is 19.3. The van der Waals surface area contributed by atoms with Gasteiger partial charge in [0.15, 0.2) is 5.13 Å². The van der Waals surface area contributed by atoms with Crippen LogP contribution in [0.5, 0.6) is 5.75 Å². The molecule has 2 bridgehead atoms. The van der Waals surface area contributed by atoms with Crippen molar-refractivity contribution in [3.63, 3.8) is 0 Å². The molecule has 8 heteroatoms. The number of rotatable bonds is 7. The highest BCUT2D eigenvalue weighted by Crippen LogP contribution is 2.34. The van der Waals surface area contributed by atoms with Crippen LogP contribution < -0.4 is 25.6 Å². The first-order valence-corrected chi connectivity index (χ1v) is 12.5. The van der Waals surface area contributed by atoms with Gasteiger partial charge in [-0.15, -0.1) is 11.3 Å². The standard InChI is InChI=1S/C26H31N5O2S/c1-26(2,18-6-10-22(33-3)11-7-18)23-16-34-25(29-23)30-24(32)28-13-17-4-8-20(9-5-17)31-15-19-12-21(31)14-27-19/h4-11,16,19,21,27H,12-15H2,1-3H3,(H2,28,29,30,32). The number of ether oxygens (including phenoxy) is 1. The van der Waals surface area contributed by atoms with E-state index in [4.69, 9.17) is 4.74 Å². The van der Waals surface area contributed by atoms with Gasteiger partial charge in [0.2, 0.25) is 0 Å². The molecule has 3 heterocycles. The number of fused-ring (bicyclic) bond motifs is 2. The van der Waals surface area contributed by atoms with Gasteiger partial charge in [0.25, 0.3) is 0 Å². The minimum Gasteiger partial charge on any atom is -0.497 e. The zero-order chi connectivity index (χ0) is 23.7. The van der Waals surface area contributed by atoms with Gasteiger partial charge in [-0.05, 0) is 41.8 Å². The van der Waals surface area contributed by atoms with E-state index >= 15 is 0 Å². The maximum absolute atomic E-state index is 12.5. The number of hydrogen-bond acceptors (Lipinski definition) is 6. The molecular formula is C26H31N5O2S. The van der Waals surface area contributed by atoms with Crippen molar-refractivity contribution in [2.45, 2.75) is 44.3 Å². The number of piperazine rings is 1. The SMILES string of the molecule is COc1ccc(C(C)(C)c2csc(NC(=O)NCc3ccc(N4CC5CC4CN5)cc3)n2)cc1. The highest BCUT2D eigenvalue weighted by Gasteiger charge is 2.37. The van der Waals surface area contributed by atoms with Crippen molar-refractivity contribution in [1.29, 1.82) is 0 Å². The highest BCUT2D eigenvalue weighted by atomic mass is 32.1. The van der Waals surface area contributed by atoms with E-state index in [0.29, 0.717) is 23.8 Å². The molecule has 5 rings (SSSR count). The number of aromatic nitrogens is 1. The van der Waals surface area contributed by atoms with E-state index in [-0.39, 0.29) is 11.4 Å². The number of anilines is 2. The molecule has 178 valence electrons. The zero-order valence-electron chi connectivity index (χ0n) is 19.8. The topological polar surface area (TPSA) is 78.5 Å². The quantitative estimate of drug-likeness (QED) is 0.472. The summed E-state index contributed by atoms with van der Waals surface area (Å²) in [6.07, 6.45) is 1.24. The summed E-state index contributed by atoms with van der Waals surface area (Å²) in [6, 6.07) is 17.5. The van der Waals surface area contributed by atoms with Gasteiger partial charge in [0, 0.05) is 48.2 Å². The third-order valence-corrected chi connectivity index (χ3v) is 7.71. The summed E-state index contributed by atoms with van der Waals surface area (Å²) >= 11 is 1.43. The number of amides is 2. The molecule has 2 aromatic carbocycles. The molecule has 2 aliphatic rings. The number of thiazole rings is 1. The van der Waals surface area contributed by atoms with Crippen molar-refractivity contribution >= 4 is 28.2 Å². The molecule has 3 aromatic rings. The van der Waals surface area contributed by atoms with Gasteiger partial charge in [0.05, 0.1) is 12.8 Å². The van der Waals surface area contributed by atoms with Crippen LogP contribution in [0.3, 0.4) is 0 Å². The molecule has 2 saturated heterocycles. The molecule has 0 saturated carbocycles. The van der Waals surface area contributed by atoms with Gasteiger partial charge < -0.3 is 20.3 Å². The molecular weight excluding hydrogens is 446 g/mol. The van der Waals surface area contributed by atoms with Crippen molar-refractivity contribution in [2.75, 3.05) is 30.4 Å². The Bertz CT molecular complexity index is 1140. The fourth-order valence-electron chi connectivity index (χ4n) is 4.78. The Morgan fingerprint density at radius 3 is 2.62 bits per heavy atom. The summed E-state index contributed by atoms with van der Waals surface area (Å²) in [5.74, 6) is 0.826. The lowest BCUT2D eigenvalue weighted by Crippen LogP contribution is -2.43. The van der Waals surface area contributed by atoms with E-state index in [1.807, 2.05) is 17.5 Å². The lowest BCUT2D eigenvalue weighted by atomic mass is 9.82. The molecule has 2 aliphatic heterocycles. The van der Waals surface area contributed by atoms with Crippen LogP contribution in [-0.2, 0) is 12.0 Å². The monoisotopic (exact) mass is 477 g/mol. The van der Waals surface area contributed by atoms with Crippen molar-refractivity contribution in [3.05, 3.63) is 70.7 Å². The van der Waals surface area contributed by atoms with Crippen molar-refractivity contribution in [3.8, 4) is 5.75 Å². The number of nitrogens with one attached hydrogen (secondary N) is 3. The second kappa shape index (κ2) is 9.27. The Kier molecular flexibility index (Phi) is 6.18. The Morgan fingerprint density at radius 2 is 1.97 bits per heavy atom. The van der Waals surface area contributed by atoms with Crippen LogP contribution in [0.2, 0.25) is 0 Å². The second-order valence-corrected chi connectivity index (χ2v) is 10.4. The summed E-state index contributed by atoms with van der Waals surface area (Å²) < 4.78 is 5.26. The van der Waals surface area contributed by atoms with Crippen LogP contribution >= 0.6 is 11.3 Å². The molecule has 2 amide bonds. The molecule has 3 N–H and O–H groups in total. The van der Waals surface area contributed by atoms with Gasteiger partial charge in [-0.1, -0.05) is 38.1 Å². The number of hydrogen-bond donors (Lipinski definition) is 3. The molecule has 2 unspecified atom stereocenters. The van der Waals surface area contributed by atoms with Gasteiger partial charge >= 0.3 is 6.03 Å². The van der Waals surface area contributed by atoms with Crippen molar-refractivity contribution < 1.29 is 9.53 Å². The smallest absolute Gasteiger partial charge is 0.321 e. The predicted molar refractivity (Wildman–Crippen MR) is 137 cm³/mol. The molecule has 0 spiro atoms. The number of carbonyl (C=O) groups is 1. The third-order valence-electron chi connectivity index (χ3n) is 6.95. The number of carbonyl (C=O) groups excluding carboxylic acids is 1. The van der Waals surface area contributed by atoms with Crippen LogP contribution in [0.25, 0.3) is 0 Å². The first-order chi connectivity index (χ1) is 16.4. The lowest BCUT2D eigenvalue weighted by Gasteiger charge is -2.29. The average molecular weight is 478 g/mol. The van der Waals surface area contributed by atoms with Crippen LogP contribution in [0, 0.1) is 0 Å². The van der Waals surface area contributed by atoms with Crippen LogP contribution in [-0.4, -0.2) is 43.3 Å². The lowest BCUT2D eigenvalue weighted by molar-refractivity contribution is 0.251. The second-order valence-electron chi connectivity index (χ2n) is 9.51. The predicted octanol–water partition coefficient (Wildman–Crippen LogP) is 4.35. The van der Waals surface area contributed by atoms with E-state index in [2.05, 4.69) is 76.1 Å². The van der Waals surface area contributed by atoms with Crippen LogP contribution in [0.4, 0.5) is 15.6 Å². The summed E-state index contributed by atoms with van der Waals surface area (Å²) in [5, 5.41) is 11.9. The van der Waals surface area contributed by atoms with Crippen molar-refractivity contribution in [2.24, 2.45) is 0 Å². The zero-order valence-corrected chi connectivity index (χ0v) is 20.6. The molecule has 34 heavy (non-hydrogen) atoms. The fourth-order valence-corrected chi connectivity index (χ4v) is 5.65. The molecule has 2 fully saturated rings. The number of benzene rings is 2. The van der Waals surface area contributed by atoms with E-state index < -0.39 is 0 Å². The Labute approximate surface area is 204 Å². The number of urea groups is 1. The molecule has 1 aromatic heterocycles. The minimum atomic E-state index is -0.286. The van der Waals surface area contributed by atoms with Gasteiger partial charge in [-0.3, -0.25) is 5.32 Å². The van der Waals surface area contributed by atoms with E-state index in [0.717, 1.165) is 35.7 Å². The summed E-state index contributed by atoms with van der Waals surface area (Å²) in [4.78, 5) is 19.6. The first kappa shape index (κ1) is 22.7. The number of methoxy groups -OCH3 is 1. The van der Waals surface area contributed by atoms with Gasteiger partial charge in [-0.25, -0.2) is 9.78 Å². The largest absolute Gasteiger partial charge is 0.497 e.